The van der Waals surface area contributed by atoms with Crippen LogP contribution in [-0.2, 0) is 39.7 Å². The van der Waals surface area contributed by atoms with Crippen molar-refractivity contribution in [1.29, 1.82) is 0 Å². The molecule has 0 aliphatic carbocycles. The Bertz CT molecular complexity index is 1790. The van der Waals surface area contributed by atoms with Crippen molar-refractivity contribution in [3.63, 3.8) is 0 Å². The van der Waals surface area contributed by atoms with Gasteiger partial charge in [0.05, 0.1) is 23.9 Å². The van der Waals surface area contributed by atoms with Crippen LogP contribution in [0.3, 0.4) is 0 Å². The molecule has 2 aromatic rings. The number of amides is 1. The van der Waals surface area contributed by atoms with Crippen molar-refractivity contribution in [1.82, 2.24) is 19.9 Å². The Morgan fingerprint density at radius 3 is 2.37 bits per heavy atom. The number of rotatable bonds is 11. The maximum absolute atomic E-state index is 16.9. The van der Waals surface area contributed by atoms with Crippen molar-refractivity contribution in [3.05, 3.63) is 41.4 Å². The van der Waals surface area contributed by atoms with Crippen LogP contribution < -0.4 is 5.73 Å². The van der Waals surface area contributed by atoms with E-state index >= 15 is 4.39 Å². The van der Waals surface area contributed by atoms with E-state index in [0.29, 0.717) is 25.9 Å². The minimum atomic E-state index is -3.15. The van der Waals surface area contributed by atoms with E-state index in [1.165, 1.54) is 14.0 Å². The summed E-state index contributed by atoms with van der Waals surface area (Å²) in [6.07, 6.45) is -1.63. The van der Waals surface area contributed by atoms with Crippen LogP contribution in [0, 0.1) is 17.8 Å². The predicted octanol–water partition coefficient (Wildman–Crippen LogP) is 5.64. The van der Waals surface area contributed by atoms with Gasteiger partial charge in [-0.1, -0.05) is 58.0 Å². The first-order chi connectivity index (χ1) is 28.1. The van der Waals surface area contributed by atoms with Gasteiger partial charge in [0.1, 0.15) is 17.2 Å². The van der Waals surface area contributed by atoms with E-state index in [0.717, 1.165) is 28.8 Å². The number of carbonyl (C=O) groups is 3. The zero-order valence-electron chi connectivity index (χ0n) is 37.4. The first-order valence-corrected chi connectivity index (χ1v) is 22.1. The number of hydrogen-bond donors (Lipinski definition) is 2. The first kappa shape index (κ1) is 48.0. The number of cyclic esters (lactones) is 1. The smallest absolute Gasteiger partial charge is 0.425 e. The molecule has 1 aromatic carbocycles. The monoisotopic (exact) mass is 861 g/mol. The zero-order chi connectivity index (χ0) is 44.5. The number of aliphatic hydroxyl groups excluding tert-OH is 1. The average molecular weight is 862 g/mol. The normalized spacial score (nSPS) is 38.5. The summed E-state index contributed by atoms with van der Waals surface area (Å²) < 4.78 is 47.8. The third-order valence-electron chi connectivity index (χ3n) is 13.3. The molecule has 3 aliphatic heterocycles. The van der Waals surface area contributed by atoms with E-state index in [1.54, 1.807) is 37.1 Å². The molecule has 5 rings (SSSR count). The summed E-state index contributed by atoms with van der Waals surface area (Å²) >= 11 is 1.63. The van der Waals surface area contributed by atoms with Crippen LogP contribution in [-0.4, -0.2) is 143 Å². The minimum Gasteiger partial charge on any atom is -0.456 e. The largest absolute Gasteiger partial charge is 0.456 e. The Hall–Kier alpha value is -3.09. The molecule has 4 heterocycles. The molecule has 0 saturated carbocycles. The molecule has 1 aromatic heterocycles. The van der Waals surface area contributed by atoms with Crippen LogP contribution in [0.15, 0.2) is 36.5 Å². The number of nitrogens with zero attached hydrogens (tertiary/aromatic N) is 4. The Morgan fingerprint density at radius 2 is 1.75 bits per heavy atom. The zero-order valence-corrected chi connectivity index (χ0v) is 38.2. The first-order valence-electron chi connectivity index (χ1n) is 21.3. The van der Waals surface area contributed by atoms with Crippen molar-refractivity contribution in [2.45, 2.75) is 154 Å². The number of aromatic nitrogens is 1. The fraction of sp³-hybridized carbons (Fsp3) is 0.727. The highest BCUT2D eigenvalue weighted by Gasteiger charge is 2.62. The summed E-state index contributed by atoms with van der Waals surface area (Å²) in [5.41, 5.74) is 2.30. The van der Waals surface area contributed by atoms with Gasteiger partial charge < -0.3 is 39.4 Å². The van der Waals surface area contributed by atoms with Crippen molar-refractivity contribution >= 4 is 29.2 Å². The Labute approximate surface area is 359 Å². The number of fused-ring (bicyclic) bond motifs is 1. The number of alkyl halides is 1. The van der Waals surface area contributed by atoms with Gasteiger partial charge in [0.15, 0.2) is 17.7 Å². The number of hydrogen-bond acceptors (Lipinski definition) is 14. The third-order valence-corrected chi connectivity index (χ3v) is 14.5. The highest BCUT2D eigenvalue weighted by Crippen LogP contribution is 2.44. The summed E-state index contributed by atoms with van der Waals surface area (Å²) in [4.78, 5) is 50.0. The number of thiazole rings is 1. The van der Waals surface area contributed by atoms with E-state index in [-0.39, 0.29) is 24.5 Å². The molecule has 3 saturated heterocycles. The second-order valence-corrected chi connectivity index (χ2v) is 19.1. The molecule has 60 heavy (non-hydrogen) atoms. The van der Waals surface area contributed by atoms with Gasteiger partial charge in [0.2, 0.25) is 0 Å². The number of hydrazine groups is 1. The van der Waals surface area contributed by atoms with E-state index in [1.807, 2.05) is 88.2 Å². The molecule has 2 unspecified atom stereocenters. The summed E-state index contributed by atoms with van der Waals surface area (Å²) in [5, 5.41) is 15.9. The van der Waals surface area contributed by atoms with Crippen molar-refractivity contribution < 1.29 is 47.6 Å². The number of aliphatic hydroxyl groups is 1. The number of carbonyl (C=O) groups excluding carboxylic acids is 3. The lowest BCUT2D eigenvalue weighted by Gasteiger charge is -2.48. The molecule has 16 heteroatoms. The molecule has 14 atom stereocenters. The summed E-state index contributed by atoms with van der Waals surface area (Å²) in [6, 6.07) is 8.28. The van der Waals surface area contributed by atoms with E-state index in [4.69, 9.17) is 29.4 Å². The van der Waals surface area contributed by atoms with Crippen LogP contribution >= 0.6 is 11.3 Å². The molecule has 0 bridgehead atoms. The molecule has 3 fully saturated rings. The number of nitrogens with two attached hydrogens (primary N) is 1. The highest BCUT2D eigenvalue weighted by atomic mass is 32.1. The van der Waals surface area contributed by atoms with E-state index in [9.17, 15) is 19.5 Å². The predicted molar refractivity (Wildman–Crippen MR) is 227 cm³/mol. The number of ketones is 1. The highest BCUT2D eigenvalue weighted by molar-refractivity contribution is 7.15. The number of halogens is 1. The van der Waals surface area contributed by atoms with Crippen molar-refractivity contribution in [2.75, 3.05) is 34.3 Å². The summed E-state index contributed by atoms with van der Waals surface area (Å²) in [6.45, 7) is 16.0. The molecular formula is C44H68FN5O9S. The van der Waals surface area contributed by atoms with Gasteiger partial charge in [-0.3, -0.25) is 4.79 Å². The molecule has 3 aliphatic rings. The summed E-state index contributed by atoms with van der Waals surface area (Å²) in [5.74, 6) is -4.64. The number of likely N-dealkylation sites (N-methyl/N-ethyl adjacent to an activating group) is 1. The average Bonchev–Trinajstić information content (AvgIpc) is 3.79. The van der Waals surface area contributed by atoms with Crippen molar-refractivity contribution in [2.24, 2.45) is 23.5 Å². The molecule has 0 radical (unpaired) electrons. The van der Waals surface area contributed by atoms with E-state index < -0.39 is 83.2 Å². The van der Waals surface area contributed by atoms with Crippen LogP contribution in [0.1, 0.15) is 86.5 Å². The molecule has 3 N–H and O–H groups in total. The van der Waals surface area contributed by atoms with Crippen molar-refractivity contribution in [3.8, 4) is 10.6 Å². The van der Waals surface area contributed by atoms with Gasteiger partial charge in [0, 0.05) is 54.8 Å². The standard InChI is InChI=1S/C44H68FN5O9S/c1-13-49(21-17-20-31-24-47-38(60-31)30-18-15-14-16-19-30)50-35-27(4)33(46)25(2)23-42(7,55-12)37(58-39-34(51)32(48(10)11)22-26(3)56-39)28(5)36(52)43(8,45)40(53)57-29(6)44(35,9)59-41(50)54/h14-16,18-19,24-29,32-35,37,39,51H,13,17,20-23,46H2,1-12H3/t25-,26-,27-,28+,29+,32+,33?,34-,35-,37-,39+,42+,43?,44-/m1/s1. The van der Waals surface area contributed by atoms with Crippen LogP contribution in [0.25, 0.3) is 10.6 Å². The topological polar surface area (TPSA) is 166 Å². The molecular weight excluding hydrogens is 794 g/mol. The molecule has 1 amide bonds. The fourth-order valence-electron chi connectivity index (χ4n) is 9.47. The number of benzene rings is 1. The Kier molecular flexibility index (Phi) is 15.3. The van der Waals surface area contributed by atoms with Crippen LogP contribution in [0.2, 0.25) is 0 Å². The van der Waals surface area contributed by atoms with Gasteiger partial charge in [-0.05, 0) is 86.2 Å². The van der Waals surface area contributed by atoms with Gasteiger partial charge in [-0.15, -0.1) is 11.3 Å². The molecule has 336 valence electrons. The Morgan fingerprint density at radius 1 is 1.08 bits per heavy atom. The second-order valence-electron chi connectivity index (χ2n) is 18.0. The van der Waals surface area contributed by atoms with Gasteiger partial charge in [-0.25, -0.2) is 29.0 Å². The third kappa shape index (κ3) is 9.60. The maximum atomic E-state index is 16.9. The quantitative estimate of drug-likeness (QED) is 0.211. The number of Topliss-reactive ketones (excluding diaryl/α,β-unsaturated/α-hetero) is 1. The fourth-order valence-corrected chi connectivity index (χ4v) is 10.4. The Balaban J connectivity index is 1.48. The maximum Gasteiger partial charge on any atom is 0.425 e. The second kappa shape index (κ2) is 19.1. The van der Waals surface area contributed by atoms with Gasteiger partial charge in [-0.2, -0.15) is 0 Å². The number of ether oxygens (including phenoxy) is 5. The number of esters is 1. The lowest BCUT2D eigenvalue weighted by atomic mass is 9.72. The molecule has 14 nitrogen and oxygen atoms in total. The van der Waals surface area contributed by atoms with Crippen LogP contribution in [0.4, 0.5) is 9.18 Å². The summed E-state index contributed by atoms with van der Waals surface area (Å²) in [7, 11) is 5.17. The number of aryl methyl sites for hydroxylation is 1. The van der Waals surface area contributed by atoms with E-state index in [2.05, 4.69) is 4.98 Å². The van der Waals surface area contributed by atoms with Gasteiger partial charge in [0.25, 0.3) is 5.67 Å². The van der Waals surface area contributed by atoms with Gasteiger partial charge >= 0.3 is 12.1 Å². The minimum absolute atomic E-state index is 0.214. The lowest BCUT2D eigenvalue weighted by Crippen LogP contribution is -2.64. The van der Waals surface area contributed by atoms with Crippen LogP contribution in [0.5, 0.6) is 0 Å². The lowest BCUT2D eigenvalue weighted by molar-refractivity contribution is -0.296. The SMILES string of the molecule is CCN(CCCc1cnc(-c2ccccc2)s1)N1C(=O)O[C@]2(C)[C@H](C)OC(=O)C(C)(F)C(=O)[C@H](C)[C@@H](O[C@@H]3O[C@H](C)C[C@H](N(C)C)[C@H]3O)[C@@](C)(OC)C[C@@H](C)C(N)[C@@H](C)[C@@H]12. The number of methoxy groups -OCH3 is 1. The molecule has 0 spiro atoms.